The maximum Gasteiger partial charge on any atom is 0.311 e. The van der Waals surface area contributed by atoms with Gasteiger partial charge in [0.05, 0.1) is 11.1 Å². The maximum atomic E-state index is 11.3. The highest BCUT2D eigenvalue weighted by atomic mass is 16.6. The third kappa shape index (κ3) is 3.73. The first-order chi connectivity index (χ1) is 13.6. The summed E-state index contributed by atoms with van der Waals surface area (Å²) in [5.41, 5.74) is 2.90. The topological polar surface area (TPSA) is 103 Å². The first-order valence-corrected chi connectivity index (χ1v) is 9.01. The van der Waals surface area contributed by atoms with Gasteiger partial charge in [0.25, 0.3) is 0 Å². The van der Waals surface area contributed by atoms with Crippen LogP contribution in [0.4, 0.5) is 11.5 Å². The molecule has 1 aliphatic rings. The molecule has 142 valence electrons. The number of hydrogen-bond acceptors (Lipinski definition) is 7. The van der Waals surface area contributed by atoms with Crippen LogP contribution in [0, 0.1) is 17.0 Å². The number of aromatic nitrogens is 5. The smallest absolute Gasteiger partial charge is 0.311 e. The second kappa shape index (κ2) is 7.55. The van der Waals surface area contributed by atoms with Crippen LogP contribution < -0.4 is 4.90 Å². The van der Waals surface area contributed by atoms with Gasteiger partial charge in [-0.2, -0.15) is 0 Å². The van der Waals surface area contributed by atoms with Gasteiger partial charge >= 0.3 is 5.69 Å². The molecular weight excluding hydrogens is 358 g/mol. The zero-order valence-corrected chi connectivity index (χ0v) is 15.4. The van der Waals surface area contributed by atoms with Gasteiger partial charge < -0.3 is 4.90 Å². The Morgan fingerprint density at radius 2 is 1.86 bits per heavy atom. The van der Waals surface area contributed by atoms with Gasteiger partial charge in [0.15, 0.2) is 0 Å². The van der Waals surface area contributed by atoms with Crippen LogP contribution in [0.15, 0.2) is 48.0 Å². The van der Waals surface area contributed by atoms with E-state index in [1.807, 2.05) is 48.4 Å². The van der Waals surface area contributed by atoms with E-state index in [-0.39, 0.29) is 10.6 Å². The zero-order valence-electron chi connectivity index (χ0n) is 15.4. The second-order valence-corrected chi connectivity index (χ2v) is 6.63. The lowest BCUT2D eigenvalue weighted by Crippen LogP contribution is -2.32. The second-order valence-electron chi connectivity index (χ2n) is 6.63. The van der Waals surface area contributed by atoms with Crippen molar-refractivity contribution in [1.29, 1.82) is 0 Å². The summed E-state index contributed by atoms with van der Waals surface area (Å²) >= 11 is 0. The molecule has 3 heterocycles. The summed E-state index contributed by atoms with van der Waals surface area (Å²) in [5.74, 6) is 1.02. The number of benzene rings is 1. The van der Waals surface area contributed by atoms with Crippen LogP contribution in [-0.4, -0.2) is 43.2 Å². The molecule has 3 aromatic rings. The van der Waals surface area contributed by atoms with Crippen LogP contribution >= 0.6 is 0 Å². The molecule has 0 saturated carbocycles. The fraction of sp³-hybridized carbons (Fsp3) is 0.263. The molecule has 0 bridgehead atoms. The number of tetrazole rings is 1. The Kier molecular flexibility index (Phi) is 4.79. The Bertz CT molecular complexity index is 1020. The van der Waals surface area contributed by atoms with E-state index in [0.717, 1.165) is 24.1 Å². The average molecular weight is 377 g/mol. The van der Waals surface area contributed by atoms with Gasteiger partial charge in [-0.05, 0) is 36.6 Å². The zero-order chi connectivity index (χ0) is 19.5. The van der Waals surface area contributed by atoms with E-state index in [1.165, 1.54) is 16.4 Å². The molecule has 9 heteroatoms. The Labute approximate surface area is 161 Å². The van der Waals surface area contributed by atoms with Gasteiger partial charge in [0.1, 0.15) is 0 Å². The van der Waals surface area contributed by atoms with Gasteiger partial charge in [-0.1, -0.05) is 30.3 Å². The molecule has 9 nitrogen and oxygen atoms in total. The molecular formula is C19H19N7O2. The highest BCUT2D eigenvalue weighted by Crippen LogP contribution is 2.29. The summed E-state index contributed by atoms with van der Waals surface area (Å²) < 4.78 is 0. The Hall–Kier alpha value is -3.62. The van der Waals surface area contributed by atoms with Crippen molar-refractivity contribution in [3.8, 4) is 11.4 Å². The molecule has 28 heavy (non-hydrogen) atoms. The Balaban J connectivity index is 1.47. The van der Waals surface area contributed by atoms with Crippen LogP contribution in [-0.2, 0) is 0 Å². The molecule has 1 aliphatic heterocycles. The van der Waals surface area contributed by atoms with Gasteiger partial charge in [-0.3, -0.25) is 10.1 Å². The van der Waals surface area contributed by atoms with Crippen LogP contribution in [0.2, 0.25) is 0 Å². The van der Waals surface area contributed by atoms with Gasteiger partial charge in [-0.25, -0.2) is 4.98 Å². The van der Waals surface area contributed by atoms with Gasteiger partial charge in [0, 0.05) is 30.4 Å². The van der Waals surface area contributed by atoms with Crippen molar-refractivity contribution in [2.45, 2.75) is 19.8 Å². The van der Waals surface area contributed by atoms with Crippen LogP contribution in [0.25, 0.3) is 17.6 Å². The summed E-state index contributed by atoms with van der Waals surface area (Å²) in [6.07, 6.45) is 3.40. The summed E-state index contributed by atoms with van der Waals surface area (Å²) in [4.78, 5) is 18.8. The Morgan fingerprint density at radius 1 is 1.11 bits per heavy atom. The number of rotatable bonds is 4. The molecule has 0 radical (unpaired) electrons. The number of anilines is 1. The molecule has 1 saturated heterocycles. The molecule has 0 atom stereocenters. The lowest BCUT2D eigenvalue weighted by atomic mass is 10.1. The molecule has 0 spiro atoms. The van der Waals surface area contributed by atoms with Crippen molar-refractivity contribution in [2.75, 3.05) is 18.0 Å². The number of piperidine rings is 1. The predicted molar refractivity (Wildman–Crippen MR) is 105 cm³/mol. The minimum atomic E-state index is -0.377. The standard InChI is InChI=1S/C19H19N7O2/c1-14-7-8-17(26(27)28)19(20-14)24-11-9-15(10-12-24)13-25-22-18(21-23-25)16-5-3-2-4-6-16/h2-8,13H,9-12H2,1H3. The van der Waals surface area contributed by atoms with E-state index in [4.69, 9.17) is 0 Å². The van der Waals surface area contributed by atoms with E-state index in [9.17, 15) is 10.1 Å². The number of nitrogens with zero attached hydrogens (tertiary/aromatic N) is 7. The lowest BCUT2D eigenvalue weighted by Gasteiger charge is -2.29. The number of aryl methyl sites for hydroxylation is 1. The van der Waals surface area contributed by atoms with Crippen LogP contribution in [0.3, 0.4) is 0 Å². The predicted octanol–water partition coefficient (Wildman–Crippen LogP) is 3.09. The fourth-order valence-corrected chi connectivity index (χ4v) is 3.19. The third-order valence-corrected chi connectivity index (χ3v) is 4.65. The number of pyridine rings is 1. The SMILES string of the molecule is Cc1ccc([N+](=O)[O-])c(N2CCC(=Cn3nnc(-c4ccccc4)n3)CC2)n1. The van der Waals surface area contributed by atoms with Crippen molar-refractivity contribution in [2.24, 2.45) is 0 Å². The highest BCUT2D eigenvalue weighted by Gasteiger charge is 2.24. The van der Waals surface area contributed by atoms with Gasteiger partial charge in [-0.15, -0.1) is 15.0 Å². The summed E-state index contributed by atoms with van der Waals surface area (Å²) in [6, 6.07) is 12.9. The molecule has 2 aromatic heterocycles. The van der Waals surface area contributed by atoms with Crippen molar-refractivity contribution >= 4 is 17.7 Å². The number of hydrogen-bond donors (Lipinski definition) is 0. The summed E-state index contributed by atoms with van der Waals surface area (Å²) in [5, 5.41) is 23.9. The Morgan fingerprint density at radius 3 is 2.57 bits per heavy atom. The molecule has 0 amide bonds. The first kappa shape index (κ1) is 17.8. The number of nitro groups is 1. The molecule has 1 fully saturated rings. The van der Waals surface area contributed by atoms with E-state index in [1.54, 1.807) is 6.07 Å². The summed E-state index contributed by atoms with van der Waals surface area (Å²) in [6.45, 7) is 3.15. The van der Waals surface area contributed by atoms with Crippen LogP contribution in [0.1, 0.15) is 18.5 Å². The minimum Gasteiger partial charge on any atom is -0.350 e. The summed E-state index contributed by atoms with van der Waals surface area (Å²) in [7, 11) is 0. The maximum absolute atomic E-state index is 11.3. The minimum absolute atomic E-state index is 0.0449. The third-order valence-electron chi connectivity index (χ3n) is 4.65. The molecule has 0 unspecified atom stereocenters. The van der Waals surface area contributed by atoms with Crippen molar-refractivity contribution < 1.29 is 4.92 Å². The van der Waals surface area contributed by atoms with E-state index < -0.39 is 0 Å². The average Bonchev–Trinajstić information content (AvgIpc) is 3.17. The normalized spacial score (nSPS) is 14.2. The molecule has 4 rings (SSSR count). The fourth-order valence-electron chi connectivity index (χ4n) is 3.19. The first-order valence-electron chi connectivity index (χ1n) is 9.01. The largest absolute Gasteiger partial charge is 0.350 e. The van der Waals surface area contributed by atoms with Gasteiger partial charge in [0.2, 0.25) is 11.6 Å². The van der Waals surface area contributed by atoms with E-state index in [2.05, 4.69) is 20.4 Å². The van der Waals surface area contributed by atoms with Crippen LogP contribution in [0.5, 0.6) is 0 Å². The van der Waals surface area contributed by atoms with Crippen molar-refractivity contribution in [3.05, 3.63) is 63.8 Å². The molecule has 1 aromatic carbocycles. The van der Waals surface area contributed by atoms with Crippen molar-refractivity contribution in [3.63, 3.8) is 0 Å². The molecule has 0 N–H and O–H groups in total. The van der Waals surface area contributed by atoms with E-state index in [0.29, 0.717) is 24.7 Å². The lowest BCUT2D eigenvalue weighted by molar-refractivity contribution is -0.384. The highest BCUT2D eigenvalue weighted by molar-refractivity contribution is 5.59. The molecule has 0 aliphatic carbocycles. The quantitative estimate of drug-likeness (QED) is 0.508. The van der Waals surface area contributed by atoms with Crippen molar-refractivity contribution in [1.82, 2.24) is 25.2 Å². The monoisotopic (exact) mass is 377 g/mol. The van der Waals surface area contributed by atoms with E-state index >= 15 is 0 Å².